The minimum absolute atomic E-state index is 0.154. The quantitative estimate of drug-likeness (QED) is 0.778. The van der Waals surface area contributed by atoms with Crippen LogP contribution in [0.25, 0.3) is 0 Å². The van der Waals surface area contributed by atoms with Gasteiger partial charge in [0.2, 0.25) is 5.88 Å². The number of hydrogen-bond donors (Lipinski definition) is 1. The highest BCUT2D eigenvalue weighted by Gasteiger charge is 2.22. The first-order valence-corrected chi connectivity index (χ1v) is 5.71. The highest BCUT2D eigenvalue weighted by Crippen LogP contribution is 2.23. The number of aromatic nitrogens is 2. The molecular formula is C11H15N3O2. The summed E-state index contributed by atoms with van der Waals surface area (Å²) in [6.07, 6.45) is 3.65. The Morgan fingerprint density at radius 1 is 1.44 bits per heavy atom. The van der Waals surface area contributed by atoms with E-state index in [0.717, 1.165) is 49.7 Å². The Morgan fingerprint density at radius 2 is 2.44 bits per heavy atom. The molecule has 1 aromatic heterocycles. The molecular weight excluding hydrogens is 206 g/mol. The Labute approximate surface area is 94.2 Å². The van der Waals surface area contributed by atoms with Crippen molar-refractivity contribution in [2.75, 3.05) is 19.8 Å². The zero-order chi connectivity index (χ0) is 10.8. The molecule has 16 heavy (non-hydrogen) atoms. The molecule has 1 aromatic rings. The molecule has 0 aliphatic carbocycles. The Bertz CT molecular complexity index is 377. The van der Waals surface area contributed by atoms with Crippen molar-refractivity contribution in [2.24, 2.45) is 0 Å². The maximum absolute atomic E-state index is 5.86. The Kier molecular flexibility index (Phi) is 2.71. The molecule has 1 atom stereocenters. The van der Waals surface area contributed by atoms with Gasteiger partial charge < -0.3 is 14.8 Å². The number of nitrogens with one attached hydrogen (secondary N) is 1. The molecule has 1 unspecified atom stereocenters. The molecule has 5 nitrogen and oxygen atoms in total. The lowest BCUT2D eigenvalue weighted by Gasteiger charge is -2.20. The Morgan fingerprint density at radius 3 is 3.31 bits per heavy atom. The third-order valence-electron chi connectivity index (χ3n) is 3.00. The van der Waals surface area contributed by atoms with Crippen LogP contribution >= 0.6 is 0 Å². The van der Waals surface area contributed by atoms with Gasteiger partial charge in [0, 0.05) is 31.5 Å². The van der Waals surface area contributed by atoms with Crippen LogP contribution < -0.4 is 10.1 Å². The number of fused-ring (bicyclic) bond motifs is 1. The van der Waals surface area contributed by atoms with Crippen LogP contribution in [0.4, 0.5) is 0 Å². The second-order valence-corrected chi connectivity index (χ2v) is 4.13. The molecule has 0 radical (unpaired) electrons. The fourth-order valence-electron chi connectivity index (χ4n) is 2.11. The highest BCUT2D eigenvalue weighted by molar-refractivity contribution is 5.31. The number of ether oxygens (including phenoxy) is 2. The van der Waals surface area contributed by atoms with Gasteiger partial charge in [-0.05, 0) is 0 Å². The summed E-state index contributed by atoms with van der Waals surface area (Å²) in [5.41, 5.74) is 2.23. The monoisotopic (exact) mass is 221 g/mol. The average Bonchev–Trinajstić information content (AvgIpc) is 2.82. The van der Waals surface area contributed by atoms with Gasteiger partial charge >= 0.3 is 0 Å². The molecule has 3 heterocycles. The lowest BCUT2D eigenvalue weighted by Crippen LogP contribution is -2.27. The summed E-state index contributed by atoms with van der Waals surface area (Å²) in [7, 11) is 0. The van der Waals surface area contributed by atoms with E-state index < -0.39 is 0 Å². The Balaban J connectivity index is 1.82. The van der Waals surface area contributed by atoms with Gasteiger partial charge in [-0.2, -0.15) is 0 Å². The number of hydrogen-bond acceptors (Lipinski definition) is 5. The maximum Gasteiger partial charge on any atom is 0.221 e. The van der Waals surface area contributed by atoms with E-state index in [1.165, 1.54) is 0 Å². The van der Waals surface area contributed by atoms with Crippen LogP contribution in [-0.2, 0) is 17.7 Å². The van der Waals surface area contributed by atoms with Crippen molar-refractivity contribution in [3.63, 3.8) is 0 Å². The summed E-state index contributed by atoms with van der Waals surface area (Å²) >= 11 is 0. The molecule has 0 saturated carbocycles. The van der Waals surface area contributed by atoms with Gasteiger partial charge in [0.25, 0.3) is 0 Å². The van der Waals surface area contributed by atoms with Crippen LogP contribution in [0.2, 0.25) is 0 Å². The molecule has 0 amide bonds. The van der Waals surface area contributed by atoms with E-state index in [9.17, 15) is 0 Å². The van der Waals surface area contributed by atoms with E-state index in [0.29, 0.717) is 6.61 Å². The summed E-state index contributed by atoms with van der Waals surface area (Å²) in [6.45, 7) is 3.25. The van der Waals surface area contributed by atoms with Gasteiger partial charge in [0.1, 0.15) is 12.4 Å². The maximum atomic E-state index is 5.86. The molecule has 0 spiro atoms. The first-order chi connectivity index (χ1) is 7.93. The minimum Gasteiger partial charge on any atom is -0.471 e. The van der Waals surface area contributed by atoms with Crippen molar-refractivity contribution >= 4 is 0 Å². The van der Waals surface area contributed by atoms with E-state index in [-0.39, 0.29) is 6.10 Å². The third kappa shape index (κ3) is 1.88. The largest absolute Gasteiger partial charge is 0.471 e. The predicted octanol–water partition coefficient (Wildman–Crippen LogP) is 0.290. The van der Waals surface area contributed by atoms with Crippen molar-refractivity contribution in [1.29, 1.82) is 0 Å². The van der Waals surface area contributed by atoms with Gasteiger partial charge in [-0.1, -0.05) is 0 Å². The van der Waals surface area contributed by atoms with Crippen LogP contribution in [0, 0.1) is 0 Å². The minimum atomic E-state index is 0.154. The van der Waals surface area contributed by atoms with Gasteiger partial charge in [0.05, 0.1) is 18.9 Å². The molecule has 1 N–H and O–H groups in total. The fourth-order valence-corrected chi connectivity index (χ4v) is 2.11. The summed E-state index contributed by atoms with van der Waals surface area (Å²) < 4.78 is 11.1. The first kappa shape index (κ1) is 9.99. The van der Waals surface area contributed by atoms with Crippen LogP contribution in [0.15, 0.2) is 6.33 Å². The summed E-state index contributed by atoms with van der Waals surface area (Å²) in [4.78, 5) is 8.52. The zero-order valence-corrected chi connectivity index (χ0v) is 9.11. The van der Waals surface area contributed by atoms with Crippen molar-refractivity contribution in [3.05, 3.63) is 17.6 Å². The van der Waals surface area contributed by atoms with E-state index >= 15 is 0 Å². The Hall–Kier alpha value is -1.20. The standard InChI is InChI=1S/C11H15N3O2/c1-3-12-5-9-10(1)13-7-14-11(9)16-8-2-4-15-6-8/h7-8,12H,1-6H2. The van der Waals surface area contributed by atoms with Crippen LogP contribution in [0.3, 0.4) is 0 Å². The topological polar surface area (TPSA) is 56.3 Å². The lowest BCUT2D eigenvalue weighted by atomic mass is 10.1. The summed E-state index contributed by atoms with van der Waals surface area (Å²) in [5, 5.41) is 3.31. The van der Waals surface area contributed by atoms with Crippen molar-refractivity contribution in [1.82, 2.24) is 15.3 Å². The molecule has 86 valence electrons. The van der Waals surface area contributed by atoms with E-state index in [1.807, 2.05) is 0 Å². The number of rotatable bonds is 2. The van der Waals surface area contributed by atoms with Crippen molar-refractivity contribution < 1.29 is 9.47 Å². The smallest absolute Gasteiger partial charge is 0.221 e. The van der Waals surface area contributed by atoms with Gasteiger partial charge in [-0.3, -0.25) is 0 Å². The number of nitrogens with zero attached hydrogens (tertiary/aromatic N) is 2. The molecule has 2 aliphatic rings. The first-order valence-electron chi connectivity index (χ1n) is 5.71. The molecule has 0 bridgehead atoms. The average molecular weight is 221 g/mol. The SMILES string of the molecule is c1nc2c(c(OC3CCOC3)n1)CNCC2. The molecule has 0 aromatic carbocycles. The second-order valence-electron chi connectivity index (χ2n) is 4.13. The van der Waals surface area contributed by atoms with Crippen molar-refractivity contribution in [3.8, 4) is 5.88 Å². The zero-order valence-electron chi connectivity index (χ0n) is 9.11. The van der Waals surface area contributed by atoms with Gasteiger partial charge in [-0.25, -0.2) is 9.97 Å². The highest BCUT2D eigenvalue weighted by atomic mass is 16.5. The van der Waals surface area contributed by atoms with Gasteiger partial charge in [-0.15, -0.1) is 0 Å². The molecule has 1 fully saturated rings. The third-order valence-corrected chi connectivity index (χ3v) is 3.00. The van der Waals surface area contributed by atoms with E-state index in [1.54, 1.807) is 6.33 Å². The van der Waals surface area contributed by atoms with E-state index in [2.05, 4.69) is 15.3 Å². The summed E-state index contributed by atoms with van der Waals surface area (Å²) in [5.74, 6) is 0.729. The van der Waals surface area contributed by atoms with Crippen LogP contribution in [0.5, 0.6) is 5.88 Å². The fraction of sp³-hybridized carbons (Fsp3) is 0.636. The molecule has 2 aliphatic heterocycles. The van der Waals surface area contributed by atoms with Crippen molar-refractivity contribution in [2.45, 2.75) is 25.5 Å². The van der Waals surface area contributed by atoms with Crippen LogP contribution in [0.1, 0.15) is 17.7 Å². The van der Waals surface area contributed by atoms with Gasteiger partial charge in [0.15, 0.2) is 0 Å². The summed E-state index contributed by atoms with van der Waals surface area (Å²) in [6, 6.07) is 0. The predicted molar refractivity (Wildman–Crippen MR) is 57.3 cm³/mol. The molecule has 3 rings (SSSR count). The second kappa shape index (κ2) is 4.35. The lowest BCUT2D eigenvalue weighted by molar-refractivity contribution is 0.136. The van der Waals surface area contributed by atoms with Crippen LogP contribution in [-0.4, -0.2) is 35.8 Å². The molecule has 5 heteroatoms. The molecule has 1 saturated heterocycles. The normalized spacial score (nSPS) is 24.1. The van der Waals surface area contributed by atoms with E-state index in [4.69, 9.17) is 9.47 Å².